The molecule has 6 rings (SSSR count). The Morgan fingerprint density at radius 3 is 2.34 bits per heavy atom. The standard InChI is InChI=1S/C42H63N3O7S/c1-26(31-16-17-32-39-33(20-22-42(31,32)3)41(2)21-19-28(46)24-27(41)25-36(39)47)15-18-38(48)44-34(40(49)50)12-6-7-23-43-53(51,52)37-14-9-10-29-30(37)11-8-13-35(29)45(4)5/h8-11,13-14,26-28,31-34,36,39,43,46-47H,6-7,12,15-25H2,1-5H3,(H,44,48)(H,49,50)/t26-,27?,28-,31-,32?,33?,34+,36+,39?,41+,42-/m1/s1. The lowest BCUT2D eigenvalue weighted by atomic mass is 9.43. The fraction of sp³-hybridized carbons (Fsp3) is 0.714. The van der Waals surface area contributed by atoms with Crippen molar-refractivity contribution in [1.29, 1.82) is 0 Å². The molecule has 4 saturated carbocycles. The number of nitrogens with zero attached hydrogens (tertiary/aromatic N) is 1. The van der Waals surface area contributed by atoms with Crippen molar-refractivity contribution < 1.29 is 33.3 Å². The van der Waals surface area contributed by atoms with E-state index in [2.05, 4.69) is 30.8 Å². The summed E-state index contributed by atoms with van der Waals surface area (Å²) in [5, 5.41) is 36.1. The topological polar surface area (TPSA) is 156 Å². The van der Waals surface area contributed by atoms with Crippen LogP contribution in [0.3, 0.4) is 0 Å². The van der Waals surface area contributed by atoms with Crippen LogP contribution in [0, 0.1) is 46.3 Å². The summed E-state index contributed by atoms with van der Waals surface area (Å²) in [7, 11) is 0.0388. The van der Waals surface area contributed by atoms with Crippen molar-refractivity contribution in [2.45, 2.75) is 127 Å². The summed E-state index contributed by atoms with van der Waals surface area (Å²) in [6.45, 7) is 7.26. The van der Waals surface area contributed by atoms with Gasteiger partial charge in [-0.2, -0.15) is 0 Å². The van der Waals surface area contributed by atoms with Gasteiger partial charge in [0.25, 0.3) is 0 Å². The summed E-state index contributed by atoms with van der Waals surface area (Å²) in [6.07, 6.45) is 9.45. The molecular formula is C42H63N3O7S. The van der Waals surface area contributed by atoms with Crippen LogP contribution in [0.4, 0.5) is 5.69 Å². The molecule has 0 heterocycles. The fourth-order valence-corrected chi connectivity index (χ4v) is 13.2. The van der Waals surface area contributed by atoms with Gasteiger partial charge in [0, 0.05) is 43.5 Å². The lowest BCUT2D eigenvalue weighted by Gasteiger charge is -2.62. The van der Waals surface area contributed by atoms with E-state index < -0.39 is 22.0 Å². The minimum atomic E-state index is -3.79. The molecule has 4 aliphatic carbocycles. The van der Waals surface area contributed by atoms with E-state index in [4.69, 9.17) is 0 Å². The van der Waals surface area contributed by atoms with Gasteiger partial charge in [-0.15, -0.1) is 0 Å². The molecule has 0 bridgehead atoms. The molecule has 0 aliphatic heterocycles. The molecule has 0 saturated heterocycles. The SMILES string of the molecule is C[C@H](CCC(=O)N[C@@H](CCCCNS(=O)(=O)c1cccc2c(N(C)C)cccc12)C(=O)O)[C@H]1CCC2C3C(CC[C@@]21C)[C@@]1(C)CC[C@@H](O)CC1C[C@@H]3O. The van der Waals surface area contributed by atoms with Crippen molar-refractivity contribution in [3.8, 4) is 0 Å². The molecule has 4 unspecified atom stereocenters. The Bertz CT molecular complexity index is 1750. The number of benzene rings is 2. The molecule has 11 heteroatoms. The van der Waals surface area contributed by atoms with Crippen LogP contribution >= 0.6 is 0 Å². The number of anilines is 1. The first-order chi connectivity index (χ1) is 25.1. The largest absolute Gasteiger partial charge is 0.480 e. The highest BCUT2D eigenvalue weighted by atomic mass is 32.2. The first-order valence-corrected chi connectivity index (χ1v) is 21.6. The first kappa shape index (κ1) is 39.9. The molecule has 53 heavy (non-hydrogen) atoms. The predicted molar refractivity (Wildman–Crippen MR) is 208 cm³/mol. The highest BCUT2D eigenvalue weighted by molar-refractivity contribution is 7.89. The van der Waals surface area contributed by atoms with Gasteiger partial charge in [-0.05, 0) is 136 Å². The molecule has 5 N–H and O–H groups in total. The average molecular weight is 754 g/mol. The lowest BCUT2D eigenvalue weighted by Crippen LogP contribution is -2.58. The van der Waals surface area contributed by atoms with E-state index in [-0.39, 0.29) is 53.2 Å². The number of aliphatic carboxylic acids is 1. The fourth-order valence-electron chi connectivity index (χ4n) is 11.9. The summed E-state index contributed by atoms with van der Waals surface area (Å²) >= 11 is 0. The van der Waals surface area contributed by atoms with E-state index in [0.717, 1.165) is 62.4 Å². The number of hydrogen-bond acceptors (Lipinski definition) is 7. The predicted octanol–water partition coefficient (Wildman–Crippen LogP) is 6.33. The van der Waals surface area contributed by atoms with Gasteiger partial charge >= 0.3 is 5.97 Å². The Hall–Kier alpha value is -2.73. The van der Waals surface area contributed by atoms with Crippen LogP contribution in [0.25, 0.3) is 10.8 Å². The zero-order valence-electron chi connectivity index (χ0n) is 32.4. The zero-order valence-corrected chi connectivity index (χ0v) is 33.2. The second-order valence-electron chi connectivity index (χ2n) is 17.8. The third-order valence-corrected chi connectivity index (χ3v) is 16.2. The number of carbonyl (C=O) groups is 2. The van der Waals surface area contributed by atoms with Crippen molar-refractivity contribution in [1.82, 2.24) is 10.0 Å². The molecule has 11 atom stereocenters. The van der Waals surface area contributed by atoms with Gasteiger partial charge in [-0.3, -0.25) is 4.79 Å². The Kier molecular flexibility index (Phi) is 11.9. The second kappa shape index (κ2) is 15.8. The minimum Gasteiger partial charge on any atom is -0.480 e. The normalized spacial score (nSPS) is 33.7. The molecule has 4 fully saturated rings. The number of unbranched alkanes of at least 4 members (excludes halogenated alkanes) is 1. The number of aliphatic hydroxyl groups is 2. The van der Waals surface area contributed by atoms with Crippen LogP contribution < -0.4 is 14.9 Å². The summed E-state index contributed by atoms with van der Waals surface area (Å²) < 4.78 is 29.2. The zero-order chi connectivity index (χ0) is 38.3. The van der Waals surface area contributed by atoms with Crippen molar-refractivity contribution >= 4 is 38.4 Å². The van der Waals surface area contributed by atoms with Gasteiger partial charge in [0.15, 0.2) is 0 Å². The highest BCUT2D eigenvalue weighted by Gasteiger charge is 2.62. The van der Waals surface area contributed by atoms with E-state index in [0.29, 0.717) is 60.2 Å². The number of nitrogens with one attached hydrogen (secondary N) is 2. The van der Waals surface area contributed by atoms with Crippen molar-refractivity contribution in [2.24, 2.45) is 46.3 Å². The van der Waals surface area contributed by atoms with E-state index in [1.54, 1.807) is 18.2 Å². The average Bonchev–Trinajstić information content (AvgIpc) is 3.47. The maximum Gasteiger partial charge on any atom is 0.326 e. The lowest BCUT2D eigenvalue weighted by molar-refractivity contribution is -0.174. The molecule has 0 aromatic heterocycles. The highest BCUT2D eigenvalue weighted by Crippen LogP contribution is 2.68. The van der Waals surface area contributed by atoms with Crippen molar-refractivity contribution in [2.75, 3.05) is 25.5 Å². The Balaban J connectivity index is 0.972. The quantitative estimate of drug-likeness (QED) is 0.140. The molecule has 10 nitrogen and oxygen atoms in total. The molecule has 2 aromatic rings. The summed E-state index contributed by atoms with van der Waals surface area (Å²) in [4.78, 5) is 27.3. The Labute approximate surface area is 316 Å². The van der Waals surface area contributed by atoms with Crippen molar-refractivity contribution in [3.63, 3.8) is 0 Å². The maximum absolute atomic E-state index is 13.3. The van der Waals surface area contributed by atoms with Crippen molar-refractivity contribution in [3.05, 3.63) is 36.4 Å². The number of aliphatic hydroxyl groups excluding tert-OH is 2. The van der Waals surface area contributed by atoms with Crippen LogP contribution in [0.1, 0.15) is 104 Å². The van der Waals surface area contributed by atoms with Gasteiger partial charge in [0.05, 0.1) is 17.1 Å². The molecule has 0 spiro atoms. The number of sulfonamides is 1. The molecule has 0 radical (unpaired) electrons. The molecule has 4 aliphatic rings. The first-order valence-electron chi connectivity index (χ1n) is 20.1. The number of hydrogen-bond donors (Lipinski definition) is 5. The summed E-state index contributed by atoms with van der Waals surface area (Å²) in [5.41, 5.74) is 1.23. The molecule has 294 valence electrons. The minimum absolute atomic E-state index is 0.114. The molecule has 1 amide bonds. The maximum atomic E-state index is 13.3. The Morgan fingerprint density at radius 1 is 0.906 bits per heavy atom. The third-order valence-electron chi connectivity index (χ3n) is 14.7. The summed E-state index contributed by atoms with van der Waals surface area (Å²) in [6, 6.07) is 9.79. The summed E-state index contributed by atoms with van der Waals surface area (Å²) in [5.74, 6) is 1.05. The molecule has 2 aromatic carbocycles. The Morgan fingerprint density at radius 2 is 1.60 bits per heavy atom. The number of rotatable bonds is 14. The van der Waals surface area contributed by atoms with E-state index in [9.17, 15) is 33.3 Å². The monoisotopic (exact) mass is 753 g/mol. The van der Waals surface area contributed by atoms with Gasteiger partial charge in [-0.25, -0.2) is 17.9 Å². The smallest absolute Gasteiger partial charge is 0.326 e. The van der Waals surface area contributed by atoms with Gasteiger partial charge in [0.1, 0.15) is 6.04 Å². The number of carbonyl (C=O) groups excluding carboxylic acids is 1. The van der Waals surface area contributed by atoms with E-state index in [1.807, 2.05) is 37.2 Å². The van der Waals surface area contributed by atoms with E-state index in [1.165, 1.54) is 0 Å². The van der Waals surface area contributed by atoms with Crippen LogP contribution in [-0.2, 0) is 19.6 Å². The number of fused-ring (bicyclic) bond motifs is 6. The van der Waals surface area contributed by atoms with Gasteiger partial charge in [-0.1, -0.05) is 45.0 Å². The molecular weight excluding hydrogens is 691 g/mol. The van der Waals surface area contributed by atoms with Crippen LogP contribution in [-0.4, -0.2) is 74.5 Å². The second-order valence-corrected chi connectivity index (χ2v) is 19.6. The van der Waals surface area contributed by atoms with Crippen LogP contribution in [0.2, 0.25) is 0 Å². The number of amides is 1. The van der Waals surface area contributed by atoms with E-state index >= 15 is 0 Å². The number of carboxylic acids is 1. The van der Waals surface area contributed by atoms with Gasteiger partial charge in [0.2, 0.25) is 15.9 Å². The van der Waals surface area contributed by atoms with Crippen LogP contribution in [0.15, 0.2) is 41.3 Å². The third kappa shape index (κ3) is 7.87. The van der Waals surface area contributed by atoms with Crippen LogP contribution in [0.5, 0.6) is 0 Å². The number of carboxylic acid groups (broad SMARTS) is 1. The van der Waals surface area contributed by atoms with Gasteiger partial charge < -0.3 is 25.5 Å².